The minimum absolute atomic E-state index is 0.0992. The third kappa shape index (κ3) is 5.70. The first-order chi connectivity index (χ1) is 14.1. The molecule has 154 valence electrons. The molecule has 29 heavy (non-hydrogen) atoms. The van der Waals surface area contributed by atoms with E-state index in [9.17, 15) is 0 Å². The first-order valence-electron chi connectivity index (χ1n) is 10.1. The van der Waals surface area contributed by atoms with Crippen molar-refractivity contribution in [2.75, 3.05) is 13.2 Å². The largest absolute Gasteiger partial charge is 0.493 e. The summed E-state index contributed by atoms with van der Waals surface area (Å²) in [4.78, 5) is 4.68. The van der Waals surface area contributed by atoms with E-state index in [1.165, 1.54) is 5.56 Å². The van der Waals surface area contributed by atoms with Crippen molar-refractivity contribution < 1.29 is 4.74 Å². The van der Waals surface area contributed by atoms with Gasteiger partial charge in [0.1, 0.15) is 12.3 Å². The number of pyridine rings is 1. The first-order valence-corrected chi connectivity index (χ1v) is 10.1. The maximum absolute atomic E-state index is 5.77. The van der Waals surface area contributed by atoms with E-state index in [1.807, 2.05) is 40.9 Å². The maximum Gasteiger partial charge on any atom is 0.192 e. The Bertz CT molecular complexity index is 932. The average molecular weight is 395 g/mol. The molecular formula is C22H30N6O. The fraction of sp³-hybridized carbons (Fsp3) is 0.409. The maximum atomic E-state index is 5.77. The third-order valence-electron chi connectivity index (χ3n) is 4.42. The molecule has 1 unspecified atom stereocenters. The van der Waals surface area contributed by atoms with Crippen molar-refractivity contribution >= 4 is 11.6 Å². The lowest BCUT2D eigenvalue weighted by Crippen LogP contribution is -2.38. The van der Waals surface area contributed by atoms with Gasteiger partial charge >= 0.3 is 0 Å². The van der Waals surface area contributed by atoms with E-state index in [0.717, 1.165) is 36.3 Å². The van der Waals surface area contributed by atoms with Crippen LogP contribution in [-0.4, -0.2) is 33.7 Å². The molecule has 1 aromatic carbocycles. The zero-order valence-electron chi connectivity index (χ0n) is 17.6. The summed E-state index contributed by atoms with van der Waals surface area (Å²) < 4.78 is 7.72. The van der Waals surface area contributed by atoms with Gasteiger partial charge in [-0.1, -0.05) is 32.0 Å². The number of aliphatic imine (C=N–C) groups is 1. The second kappa shape index (κ2) is 9.91. The van der Waals surface area contributed by atoms with Gasteiger partial charge < -0.3 is 15.4 Å². The molecule has 1 atom stereocenters. The molecule has 0 saturated carbocycles. The molecule has 0 amide bonds. The second-order valence-corrected chi connectivity index (χ2v) is 7.38. The minimum atomic E-state index is 0.0992. The number of nitrogens with zero attached hydrogens (tertiary/aromatic N) is 4. The Morgan fingerprint density at radius 2 is 1.90 bits per heavy atom. The fourth-order valence-corrected chi connectivity index (χ4v) is 2.87. The SMILES string of the molecule is CCNC(=NCc1nnc2ccccn12)NC(C)c1ccc(OCC(C)C)cc1. The lowest BCUT2D eigenvalue weighted by atomic mass is 10.1. The number of aromatic nitrogens is 3. The number of guanidine groups is 1. The van der Waals surface area contributed by atoms with Gasteiger partial charge in [0.2, 0.25) is 0 Å². The summed E-state index contributed by atoms with van der Waals surface area (Å²) in [5, 5.41) is 15.2. The zero-order chi connectivity index (χ0) is 20.6. The Morgan fingerprint density at radius 3 is 2.62 bits per heavy atom. The predicted molar refractivity (Wildman–Crippen MR) is 116 cm³/mol. The van der Waals surface area contributed by atoms with Crippen LogP contribution in [-0.2, 0) is 6.54 Å². The number of ether oxygens (including phenoxy) is 1. The van der Waals surface area contributed by atoms with Gasteiger partial charge in [-0.2, -0.15) is 0 Å². The van der Waals surface area contributed by atoms with E-state index in [0.29, 0.717) is 12.5 Å². The molecule has 0 aliphatic carbocycles. The summed E-state index contributed by atoms with van der Waals surface area (Å²) in [5.74, 6) is 2.95. The molecule has 3 aromatic rings. The molecule has 0 radical (unpaired) electrons. The number of benzene rings is 1. The zero-order valence-corrected chi connectivity index (χ0v) is 17.6. The standard InChI is InChI=1S/C22H30N6O/c1-5-23-22(24-14-21-27-26-20-8-6-7-13-28(20)21)25-17(4)18-9-11-19(12-10-18)29-15-16(2)3/h6-13,16-17H,5,14-15H2,1-4H3,(H2,23,24,25). The smallest absolute Gasteiger partial charge is 0.192 e. The van der Waals surface area contributed by atoms with Gasteiger partial charge in [0.25, 0.3) is 0 Å². The first kappa shape index (κ1) is 20.6. The molecule has 7 heteroatoms. The highest BCUT2D eigenvalue weighted by atomic mass is 16.5. The van der Waals surface area contributed by atoms with Crippen LogP contribution in [0.4, 0.5) is 0 Å². The minimum Gasteiger partial charge on any atom is -0.493 e. The Kier molecular flexibility index (Phi) is 7.05. The molecule has 0 bridgehead atoms. The highest BCUT2D eigenvalue weighted by molar-refractivity contribution is 5.80. The predicted octanol–water partition coefficient (Wildman–Crippen LogP) is 3.58. The van der Waals surface area contributed by atoms with Crippen molar-refractivity contribution in [3.63, 3.8) is 0 Å². The Morgan fingerprint density at radius 1 is 1.10 bits per heavy atom. The lowest BCUT2D eigenvalue weighted by molar-refractivity contribution is 0.271. The van der Waals surface area contributed by atoms with Crippen LogP contribution in [0.3, 0.4) is 0 Å². The van der Waals surface area contributed by atoms with Crippen LogP contribution in [0, 0.1) is 5.92 Å². The number of nitrogens with one attached hydrogen (secondary N) is 2. The summed E-state index contributed by atoms with van der Waals surface area (Å²) in [5.41, 5.74) is 1.99. The van der Waals surface area contributed by atoms with Crippen LogP contribution in [0.2, 0.25) is 0 Å². The van der Waals surface area contributed by atoms with Gasteiger partial charge in [0.15, 0.2) is 17.4 Å². The highest BCUT2D eigenvalue weighted by Crippen LogP contribution is 2.18. The molecule has 2 N–H and O–H groups in total. The molecule has 7 nitrogen and oxygen atoms in total. The molecular weight excluding hydrogens is 364 g/mol. The van der Waals surface area contributed by atoms with Crippen molar-refractivity contribution in [3.8, 4) is 5.75 Å². The van der Waals surface area contributed by atoms with Gasteiger partial charge in [-0.15, -0.1) is 10.2 Å². The van der Waals surface area contributed by atoms with E-state index in [4.69, 9.17) is 4.74 Å². The van der Waals surface area contributed by atoms with E-state index >= 15 is 0 Å². The topological polar surface area (TPSA) is 75.8 Å². The van der Waals surface area contributed by atoms with Gasteiger partial charge in [0.05, 0.1) is 12.6 Å². The van der Waals surface area contributed by atoms with Crippen molar-refractivity contribution in [2.45, 2.75) is 40.3 Å². The van der Waals surface area contributed by atoms with Gasteiger partial charge in [-0.05, 0) is 49.6 Å². The normalized spacial score (nSPS) is 12.9. The van der Waals surface area contributed by atoms with Gasteiger partial charge in [-0.3, -0.25) is 4.40 Å². The van der Waals surface area contributed by atoms with Gasteiger partial charge in [0, 0.05) is 12.7 Å². The average Bonchev–Trinajstić information content (AvgIpc) is 3.14. The lowest BCUT2D eigenvalue weighted by Gasteiger charge is -2.18. The van der Waals surface area contributed by atoms with Crippen LogP contribution in [0.5, 0.6) is 5.75 Å². The molecule has 2 aromatic heterocycles. The summed E-state index contributed by atoms with van der Waals surface area (Å²) >= 11 is 0. The molecule has 3 rings (SSSR count). The van der Waals surface area contributed by atoms with Gasteiger partial charge in [-0.25, -0.2) is 4.99 Å². The van der Waals surface area contributed by atoms with E-state index in [-0.39, 0.29) is 6.04 Å². The van der Waals surface area contributed by atoms with Crippen molar-refractivity contribution in [2.24, 2.45) is 10.9 Å². The third-order valence-corrected chi connectivity index (χ3v) is 4.42. The number of rotatable bonds is 8. The number of fused-ring (bicyclic) bond motifs is 1. The Balaban J connectivity index is 1.65. The Hall–Kier alpha value is -3.09. The summed E-state index contributed by atoms with van der Waals surface area (Å²) in [6.07, 6.45) is 1.95. The molecule has 0 aliphatic heterocycles. The monoisotopic (exact) mass is 394 g/mol. The summed E-state index contributed by atoms with van der Waals surface area (Å²) in [6.45, 7) is 10.4. The molecule has 0 saturated heterocycles. The van der Waals surface area contributed by atoms with Crippen molar-refractivity contribution in [3.05, 3.63) is 60.0 Å². The highest BCUT2D eigenvalue weighted by Gasteiger charge is 2.10. The van der Waals surface area contributed by atoms with E-state index in [2.05, 4.69) is 65.7 Å². The quantitative estimate of drug-likeness (QED) is 0.451. The van der Waals surface area contributed by atoms with E-state index < -0.39 is 0 Å². The molecule has 0 aliphatic rings. The van der Waals surface area contributed by atoms with Crippen LogP contribution in [0.25, 0.3) is 5.65 Å². The molecule has 0 spiro atoms. The number of hydrogen-bond donors (Lipinski definition) is 2. The Labute approximate surface area is 172 Å². The van der Waals surface area contributed by atoms with Crippen LogP contribution < -0.4 is 15.4 Å². The fourth-order valence-electron chi connectivity index (χ4n) is 2.87. The van der Waals surface area contributed by atoms with Crippen molar-refractivity contribution in [1.29, 1.82) is 0 Å². The van der Waals surface area contributed by atoms with Crippen LogP contribution >= 0.6 is 0 Å². The van der Waals surface area contributed by atoms with Crippen molar-refractivity contribution in [1.82, 2.24) is 25.2 Å². The number of hydrogen-bond acceptors (Lipinski definition) is 4. The second-order valence-electron chi connectivity index (χ2n) is 7.38. The van der Waals surface area contributed by atoms with Crippen LogP contribution in [0.15, 0.2) is 53.7 Å². The molecule has 2 heterocycles. The summed E-state index contributed by atoms with van der Waals surface area (Å²) in [7, 11) is 0. The molecule has 0 fully saturated rings. The summed E-state index contributed by atoms with van der Waals surface area (Å²) in [6, 6.07) is 14.1. The van der Waals surface area contributed by atoms with Crippen LogP contribution in [0.1, 0.15) is 45.1 Å². The van der Waals surface area contributed by atoms with E-state index in [1.54, 1.807) is 0 Å².